The molecule has 1 aromatic heterocycles. The quantitative estimate of drug-likeness (QED) is 0.432. The Labute approximate surface area is 79.9 Å². The molecule has 6 heteroatoms. The number of anilines is 1. The first-order valence-corrected chi connectivity index (χ1v) is 5.70. The molecule has 0 aliphatic heterocycles. The maximum atomic E-state index is 5.17. The van der Waals surface area contributed by atoms with E-state index in [2.05, 4.69) is 22.5 Å². The van der Waals surface area contributed by atoms with Crippen LogP contribution in [0.15, 0.2) is 0 Å². The smallest absolute Gasteiger partial charge is 0.219 e. The van der Waals surface area contributed by atoms with Crippen LogP contribution >= 0.6 is 23.1 Å². The molecule has 0 unspecified atom stereocenters. The highest BCUT2D eigenvalue weighted by molar-refractivity contribution is 7.98. The van der Waals surface area contributed by atoms with E-state index in [-0.39, 0.29) is 0 Å². The number of nitrogens with two attached hydrogens (primary N) is 1. The Kier molecular flexibility index (Phi) is 4.34. The highest BCUT2D eigenvalue weighted by Crippen LogP contribution is 2.19. The van der Waals surface area contributed by atoms with E-state index in [1.807, 2.05) is 11.8 Å². The fraction of sp³-hybridized carbons (Fsp3) is 0.667. The van der Waals surface area contributed by atoms with Crippen molar-refractivity contribution in [2.45, 2.75) is 19.1 Å². The maximum absolute atomic E-state index is 5.17. The molecule has 12 heavy (non-hydrogen) atoms. The van der Waals surface area contributed by atoms with E-state index >= 15 is 0 Å². The van der Waals surface area contributed by atoms with Crippen molar-refractivity contribution in [2.75, 3.05) is 11.2 Å². The molecule has 0 saturated heterocycles. The molecule has 0 bridgehead atoms. The van der Waals surface area contributed by atoms with Crippen molar-refractivity contribution in [1.29, 1.82) is 0 Å². The number of rotatable bonds is 5. The van der Waals surface area contributed by atoms with Crippen molar-refractivity contribution >= 4 is 28.2 Å². The zero-order valence-electron chi connectivity index (χ0n) is 6.91. The molecule has 3 N–H and O–H groups in total. The standard InChI is InChI=1S/C6H12N4S2/c1-2-3-11-4-5-9-10-6(8-7)12-5/h2-4,7H2,1H3,(H,8,10). The number of hydrazine groups is 1. The van der Waals surface area contributed by atoms with Crippen molar-refractivity contribution < 1.29 is 0 Å². The van der Waals surface area contributed by atoms with Crippen LogP contribution in [-0.4, -0.2) is 16.0 Å². The molecule has 0 aliphatic carbocycles. The normalized spacial score (nSPS) is 10.2. The van der Waals surface area contributed by atoms with Gasteiger partial charge in [0.1, 0.15) is 5.01 Å². The number of nitrogens with zero attached hydrogens (tertiary/aromatic N) is 2. The van der Waals surface area contributed by atoms with Gasteiger partial charge in [-0.05, 0) is 12.2 Å². The van der Waals surface area contributed by atoms with Gasteiger partial charge < -0.3 is 0 Å². The van der Waals surface area contributed by atoms with E-state index in [1.54, 1.807) is 0 Å². The maximum Gasteiger partial charge on any atom is 0.219 e. The molecule has 0 amide bonds. The second-order valence-electron chi connectivity index (χ2n) is 2.20. The Morgan fingerprint density at radius 1 is 1.58 bits per heavy atom. The summed E-state index contributed by atoms with van der Waals surface area (Å²) < 4.78 is 0. The van der Waals surface area contributed by atoms with Gasteiger partial charge in [-0.2, -0.15) is 11.8 Å². The highest BCUT2D eigenvalue weighted by atomic mass is 32.2. The fourth-order valence-electron chi connectivity index (χ4n) is 0.674. The molecule has 0 fully saturated rings. The Morgan fingerprint density at radius 2 is 2.42 bits per heavy atom. The van der Waals surface area contributed by atoms with Gasteiger partial charge in [0.15, 0.2) is 0 Å². The number of aromatic nitrogens is 2. The summed E-state index contributed by atoms with van der Waals surface area (Å²) in [6, 6.07) is 0. The first-order valence-electron chi connectivity index (χ1n) is 3.73. The Morgan fingerprint density at radius 3 is 3.00 bits per heavy atom. The molecule has 4 nitrogen and oxygen atoms in total. The monoisotopic (exact) mass is 204 g/mol. The van der Waals surface area contributed by atoms with Crippen LogP contribution in [0.1, 0.15) is 18.4 Å². The lowest BCUT2D eigenvalue weighted by Gasteiger charge is -1.92. The summed E-state index contributed by atoms with van der Waals surface area (Å²) >= 11 is 3.37. The van der Waals surface area contributed by atoms with Gasteiger partial charge in [-0.3, -0.25) is 5.43 Å². The van der Waals surface area contributed by atoms with E-state index in [1.165, 1.54) is 23.5 Å². The molecular weight excluding hydrogens is 192 g/mol. The Hall–Kier alpha value is -0.330. The number of thioether (sulfide) groups is 1. The molecule has 0 aliphatic rings. The lowest BCUT2D eigenvalue weighted by molar-refractivity contribution is 1.03. The fourth-order valence-corrected chi connectivity index (χ4v) is 2.27. The van der Waals surface area contributed by atoms with Gasteiger partial charge in [0.2, 0.25) is 5.13 Å². The van der Waals surface area contributed by atoms with E-state index in [9.17, 15) is 0 Å². The topological polar surface area (TPSA) is 63.8 Å². The van der Waals surface area contributed by atoms with Gasteiger partial charge >= 0.3 is 0 Å². The molecule has 68 valence electrons. The molecule has 0 saturated carbocycles. The van der Waals surface area contributed by atoms with E-state index in [0.717, 1.165) is 10.8 Å². The van der Waals surface area contributed by atoms with E-state index in [0.29, 0.717) is 5.13 Å². The zero-order chi connectivity index (χ0) is 8.81. The van der Waals surface area contributed by atoms with Crippen molar-refractivity contribution in [2.24, 2.45) is 5.84 Å². The minimum Gasteiger partial charge on any atom is -0.298 e. The first kappa shape index (κ1) is 9.76. The van der Waals surface area contributed by atoms with Crippen LogP contribution in [0.5, 0.6) is 0 Å². The summed E-state index contributed by atoms with van der Waals surface area (Å²) in [5.74, 6) is 7.28. The average molecular weight is 204 g/mol. The van der Waals surface area contributed by atoms with Crippen molar-refractivity contribution in [3.63, 3.8) is 0 Å². The van der Waals surface area contributed by atoms with Crippen molar-refractivity contribution in [1.82, 2.24) is 10.2 Å². The van der Waals surface area contributed by atoms with Crippen LogP contribution in [-0.2, 0) is 5.75 Å². The zero-order valence-corrected chi connectivity index (χ0v) is 8.54. The molecule has 0 aromatic carbocycles. The second kappa shape index (κ2) is 5.34. The van der Waals surface area contributed by atoms with Gasteiger partial charge in [-0.1, -0.05) is 18.3 Å². The SMILES string of the molecule is CCCSCc1nnc(NN)s1. The lowest BCUT2D eigenvalue weighted by atomic mass is 10.6. The third-order valence-corrected chi connectivity index (χ3v) is 3.38. The van der Waals surface area contributed by atoms with Crippen LogP contribution in [0, 0.1) is 0 Å². The van der Waals surface area contributed by atoms with Gasteiger partial charge in [0.25, 0.3) is 0 Å². The summed E-state index contributed by atoms with van der Waals surface area (Å²) in [5, 5.41) is 9.51. The van der Waals surface area contributed by atoms with Gasteiger partial charge in [-0.25, -0.2) is 5.84 Å². The van der Waals surface area contributed by atoms with Crippen LogP contribution in [0.4, 0.5) is 5.13 Å². The van der Waals surface area contributed by atoms with Crippen LogP contribution in [0.25, 0.3) is 0 Å². The minimum absolute atomic E-state index is 0.682. The third kappa shape index (κ3) is 2.96. The van der Waals surface area contributed by atoms with E-state index < -0.39 is 0 Å². The molecule has 0 radical (unpaired) electrons. The van der Waals surface area contributed by atoms with Gasteiger partial charge in [0, 0.05) is 5.75 Å². The molecule has 1 aromatic rings. The van der Waals surface area contributed by atoms with Crippen LogP contribution in [0.3, 0.4) is 0 Å². The largest absolute Gasteiger partial charge is 0.298 e. The number of hydrogen-bond donors (Lipinski definition) is 2. The lowest BCUT2D eigenvalue weighted by Crippen LogP contribution is -2.05. The number of nitrogen functional groups attached to an aromatic ring is 1. The summed E-state index contributed by atoms with van der Waals surface area (Å²) in [5.41, 5.74) is 2.47. The summed E-state index contributed by atoms with van der Waals surface area (Å²) in [6.45, 7) is 2.17. The number of hydrogen-bond acceptors (Lipinski definition) is 6. The van der Waals surface area contributed by atoms with Crippen molar-refractivity contribution in [3.8, 4) is 0 Å². The molecule has 1 rings (SSSR count). The summed E-state index contributed by atoms with van der Waals surface area (Å²) in [6.07, 6.45) is 1.20. The Bertz CT molecular complexity index is 225. The highest BCUT2D eigenvalue weighted by Gasteiger charge is 2.01. The summed E-state index contributed by atoms with van der Waals surface area (Å²) in [7, 11) is 0. The van der Waals surface area contributed by atoms with Crippen LogP contribution in [0.2, 0.25) is 0 Å². The van der Waals surface area contributed by atoms with Crippen molar-refractivity contribution in [3.05, 3.63) is 5.01 Å². The molecule has 0 spiro atoms. The second-order valence-corrected chi connectivity index (χ2v) is 4.37. The summed E-state index contributed by atoms with van der Waals surface area (Å²) in [4.78, 5) is 0. The van der Waals surface area contributed by atoms with Gasteiger partial charge in [0.05, 0.1) is 0 Å². The van der Waals surface area contributed by atoms with Gasteiger partial charge in [-0.15, -0.1) is 10.2 Å². The predicted molar refractivity (Wildman–Crippen MR) is 54.2 cm³/mol. The minimum atomic E-state index is 0.682. The predicted octanol–water partition coefficient (Wildman–Crippen LogP) is 1.47. The molecule has 0 atom stereocenters. The molecular formula is C6H12N4S2. The first-order chi connectivity index (χ1) is 5.86. The van der Waals surface area contributed by atoms with E-state index in [4.69, 9.17) is 5.84 Å². The average Bonchev–Trinajstić information content (AvgIpc) is 2.53. The number of nitrogens with one attached hydrogen (secondary N) is 1. The molecule has 1 heterocycles. The van der Waals surface area contributed by atoms with Crippen LogP contribution < -0.4 is 11.3 Å². The Balaban J connectivity index is 2.31. The third-order valence-electron chi connectivity index (χ3n) is 1.16.